The van der Waals surface area contributed by atoms with E-state index in [1.54, 1.807) is 18.2 Å². The smallest absolute Gasteiger partial charge is 0.320 e. The summed E-state index contributed by atoms with van der Waals surface area (Å²) in [5.74, 6) is -1.45. The molecule has 0 unspecified atom stereocenters. The number of primary amides is 2. The number of fused-ring (bicyclic) bond motifs is 1. The maximum absolute atomic E-state index is 13.8. The fraction of sp³-hybridized carbons (Fsp3) is 0.136. The minimum atomic E-state index is -0.777. The maximum Gasteiger partial charge on any atom is 0.320 e. The van der Waals surface area contributed by atoms with E-state index < -0.39 is 29.3 Å². The summed E-state index contributed by atoms with van der Waals surface area (Å²) in [5.41, 5.74) is 11.7. The summed E-state index contributed by atoms with van der Waals surface area (Å²) < 4.78 is 33.6. The fourth-order valence-electron chi connectivity index (χ4n) is 3.54. The number of nitrogens with zero attached hydrogens (tertiary/aromatic N) is 3. The first-order valence-corrected chi connectivity index (χ1v) is 10.3. The molecule has 34 heavy (non-hydrogen) atoms. The Morgan fingerprint density at radius 2 is 1.71 bits per heavy atom. The van der Waals surface area contributed by atoms with E-state index in [0.29, 0.717) is 16.9 Å². The summed E-state index contributed by atoms with van der Waals surface area (Å²) in [5, 5.41) is -0.218. The lowest BCUT2D eigenvalue weighted by molar-refractivity contribution is 0.252. The monoisotopic (exact) mass is 489 g/mol. The largest absolute Gasteiger partial charge is 0.487 e. The second kappa shape index (κ2) is 9.02. The molecule has 9 nitrogen and oxygen atoms in total. The number of nitrogens with two attached hydrogens (primary N) is 2. The van der Waals surface area contributed by atoms with Crippen LogP contribution in [0.5, 0.6) is 5.75 Å². The molecule has 1 aliphatic heterocycles. The first kappa shape index (κ1) is 23.1. The van der Waals surface area contributed by atoms with E-state index in [1.165, 1.54) is 32.7 Å². The Bertz CT molecular complexity index is 1360. The first-order valence-electron chi connectivity index (χ1n) is 9.88. The van der Waals surface area contributed by atoms with E-state index in [9.17, 15) is 23.2 Å². The summed E-state index contributed by atoms with van der Waals surface area (Å²) in [6.07, 6.45) is 1.44. The highest BCUT2D eigenvalue weighted by Gasteiger charge is 2.32. The van der Waals surface area contributed by atoms with Crippen LogP contribution in [0.15, 0.2) is 53.5 Å². The average molecular weight is 490 g/mol. The molecule has 1 aromatic heterocycles. The van der Waals surface area contributed by atoms with E-state index >= 15 is 0 Å². The normalized spacial score (nSPS) is 12.6. The number of urea groups is 2. The van der Waals surface area contributed by atoms with E-state index in [1.807, 2.05) is 0 Å². The number of carbonyl (C=O) groups excluding carboxylic acids is 2. The zero-order chi connectivity index (χ0) is 24.6. The minimum absolute atomic E-state index is 0.0394. The standard InChI is InChI=1S/C22H18ClF2N5O4/c23-19-18(34-10-13-2-3-14(24)8-15(13)25)5-6-28(20(19)31)9-12-1-4-16-17(7-12)30(22(27)33)11-29(16)21(26)32/h1-8H,9-11H2,(H2,26,32)(H2,27,33). The Labute approximate surface area is 196 Å². The minimum Gasteiger partial charge on any atom is -0.487 e. The molecule has 176 valence electrons. The second-order valence-electron chi connectivity index (χ2n) is 7.45. The fourth-order valence-corrected chi connectivity index (χ4v) is 3.77. The topological polar surface area (TPSA) is 124 Å². The summed E-state index contributed by atoms with van der Waals surface area (Å²) in [7, 11) is 0. The van der Waals surface area contributed by atoms with Crippen molar-refractivity contribution in [1.29, 1.82) is 0 Å². The van der Waals surface area contributed by atoms with Crippen LogP contribution in [0, 0.1) is 11.6 Å². The summed E-state index contributed by atoms with van der Waals surface area (Å²) in [6.45, 7) is -0.281. The Morgan fingerprint density at radius 3 is 2.38 bits per heavy atom. The van der Waals surface area contributed by atoms with Crippen molar-refractivity contribution in [3.8, 4) is 5.75 Å². The number of pyridine rings is 1. The number of amides is 4. The van der Waals surface area contributed by atoms with Gasteiger partial charge in [-0.2, -0.15) is 0 Å². The Hall–Kier alpha value is -4.12. The van der Waals surface area contributed by atoms with Gasteiger partial charge >= 0.3 is 12.1 Å². The molecule has 0 radical (unpaired) electrons. The molecule has 0 spiro atoms. The van der Waals surface area contributed by atoms with E-state index in [2.05, 4.69) is 0 Å². The number of rotatable bonds is 5. The van der Waals surface area contributed by atoms with Crippen LogP contribution in [-0.2, 0) is 13.2 Å². The van der Waals surface area contributed by atoms with Crippen LogP contribution in [-0.4, -0.2) is 23.3 Å². The molecule has 0 aliphatic carbocycles. The molecule has 4 N–H and O–H groups in total. The van der Waals surface area contributed by atoms with Gasteiger partial charge in [-0.05, 0) is 35.9 Å². The van der Waals surface area contributed by atoms with Gasteiger partial charge in [0.1, 0.15) is 35.7 Å². The van der Waals surface area contributed by atoms with Crippen molar-refractivity contribution in [3.05, 3.63) is 86.8 Å². The van der Waals surface area contributed by atoms with Crippen LogP contribution < -0.4 is 31.6 Å². The van der Waals surface area contributed by atoms with Crippen LogP contribution in [0.25, 0.3) is 0 Å². The molecule has 2 aromatic carbocycles. The van der Waals surface area contributed by atoms with Crippen molar-refractivity contribution in [1.82, 2.24) is 4.57 Å². The number of hydrogen-bond donors (Lipinski definition) is 2. The molecular formula is C22H18ClF2N5O4. The zero-order valence-corrected chi connectivity index (χ0v) is 18.3. The summed E-state index contributed by atoms with van der Waals surface area (Å²) in [4.78, 5) is 38.6. The van der Waals surface area contributed by atoms with Crippen LogP contribution in [0.3, 0.4) is 0 Å². The van der Waals surface area contributed by atoms with Crippen molar-refractivity contribution < 1.29 is 23.1 Å². The number of carbonyl (C=O) groups is 2. The van der Waals surface area contributed by atoms with Crippen LogP contribution in [0.2, 0.25) is 5.02 Å². The van der Waals surface area contributed by atoms with Crippen molar-refractivity contribution in [2.45, 2.75) is 13.2 Å². The molecule has 0 fully saturated rings. The van der Waals surface area contributed by atoms with Gasteiger partial charge in [0.15, 0.2) is 0 Å². The predicted molar refractivity (Wildman–Crippen MR) is 121 cm³/mol. The molecule has 0 bridgehead atoms. The molecule has 2 heterocycles. The SMILES string of the molecule is NC(=O)N1CN(C(N)=O)c2cc(Cn3ccc(OCc4ccc(F)cc4F)c(Cl)c3=O)ccc21. The highest BCUT2D eigenvalue weighted by atomic mass is 35.5. The molecule has 0 atom stereocenters. The number of hydrogen-bond acceptors (Lipinski definition) is 4. The summed E-state index contributed by atoms with van der Waals surface area (Å²) >= 11 is 6.17. The van der Waals surface area contributed by atoms with Gasteiger partial charge in [0, 0.05) is 17.8 Å². The predicted octanol–water partition coefficient (Wildman–Crippen LogP) is 3.15. The highest BCUT2D eigenvalue weighted by Crippen LogP contribution is 2.36. The molecule has 3 aromatic rings. The molecule has 1 aliphatic rings. The van der Waals surface area contributed by atoms with Gasteiger partial charge in [-0.25, -0.2) is 18.4 Å². The number of aromatic nitrogens is 1. The van der Waals surface area contributed by atoms with Gasteiger partial charge < -0.3 is 20.8 Å². The van der Waals surface area contributed by atoms with Crippen molar-refractivity contribution in [2.75, 3.05) is 16.5 Å². The van der Waals surface area contributed by atoms with Gasteiger partial charge in [0.2, 0.25) is 0 Å². The van der Waals surface area contributed by atoms with E-state index in [-0.39, 0.29) is 36.2 Å². The maximum atomic E-state index is 13.8. The van der Waals surface area contributed by atoms with Crippen molar-refractivity contribution in [2.24, 2.45) is 11.5 Å². The molecule has 12 heteroatoms. The van der Waals surface area contributed by atoms with Gasteiger partial charge in [-0.1, -0.05) is 17.7 Å². The van der Waals surface area contributed by atoms with Gasteiger partial charge in [0.05, 0.1) is 17.9 Å². The Kier molecular flexibility index (Phi) is 6.12. The van der Waals surface area contributed by atoms with Gasteiger partial charge in [-0.15, -0.1) is 0 Å². The number of ether oxygens (including phenoxy) is 1. The highest BCUT2D eigenvalue weighted by molar-refractivity contribution is 6.31. The van der Waals surface area contributed by atoms with Crippen LogP contribution in [0.1, 0.15) is 11.1 Å². The van der Waals surface area contributed by atoms with Crippen molar-refractivity contribution in [3.63, 3.8) is 0 Å². The van der Waals surface area contributed by atoms with Crippen molar-refractivity contribution >= 4 is 35.0 Å². The van der Waals surface area contributed by atoms with E-state index in [4.69, 9.17) is 27.8 Å². The lowest BCUT2D eigenvalue weighted by atomic mass is 10.1. The molecule has 0 saturated heterocycles. The molecule has 0 saturated carbocycles. The molecular weight excluding hydrogens is 472 g/mol. The number of halogens is 3. The van der Waals surface area contributed by atoms with Gasteiger partial charge in [-0.3, -0.25) is 14.6 Å². The van der Waals surface area contributed by atoms with Crippen LogP contribution >= 0.6 is 11.6 Å². The van der Waals surface area contributed by atoms with Gasteiger partial charge in [0.25, 0.3) is 5.56 Å². The quantitative estimate of drug-likeness (QED) is 0.571. The second-order valence-corrected chi connectivity index (χ2v) is 7.83. The summed E-state index contributed by atoms with van der Waals surface area (Å²) in [6, 6.07) is 7.90. The zero-order valence-electron chi connectivity index (χ0n) is 17.5. The van der Waals surface area contributed by atoms with E-state index in [0.717, 1.165) is 12.1 Å². The molecule has 4 amide bonds. The Morgan fingerprint density at radius 1 is 1.00 bits per heavy atom. The third kappa shape index (κ3) is 4.37. The first-order chi connectivity index (χ1) is 16.2. The average Bonchev–Trinajstić information content (AvgIpc) is 3.17. The third-order valence-electron chi connectivity index (χ3n) is 5.26. The third-order valence-corrected chi connectivity index (χ3v) is 5.61. The number of anilines is 2. The number of benzene rings is 2. The van der Waals surface area contributed by atoms with Crippen LogP contribution in [0.4, 0.5) is 29.7 Å². The molecule has 4 rings (SSSR count). The Balaban J connectivity index is 1.55. The lowest BCUT2D eigenvalue weighted by Gasteiger charge is -2.15. The lowest BCUT2D eigenvalue weighted by Crippen LogP contribution is -2.43.